The third-order valence-electron chi connectivity index (χ3n) is 4.86. The molecule has 2 atom stereocenters. The topological polar surface area (TPSA) is 52.6 Å². The van der Waals surface area contributed by atoms with Crippen molar-refractivity contribution in [2.45, 2.75) is 25.7 Å². The van der Waals surface area contributed by atoms with Crippen LogP contribution < -0.4 is 0 Å². The fourth-order valence-corrected chi connectivity index (χ4v) is 3.79. The molecule has 156 valence electrons. The maximum atomic E-state index is 13.0. The molecule has 6 heteroatoms. The van der Waals surface area contributed by atoms with Gasteiger partial charge in [-0.25, -0.2) is 9.59 Å². The fraction of sp³-hybridized carbons (Fsp3) is 0.250. The maximum Gasteiger partial charge on any atom is 0.335 e. The van der Waals surface area contributed by atoms with Gasteiger partial charge >= 0.3 is 11.9 Å². The Morgan fingerprint density at radius 1 is 0.700 bits per heavy atom. The van der Waals surface area contributed by atoms with Crippen LogP contribution in [-0.2, 0) is 19.1 Å². The number of hydrogen-bond acceptors (Lipinski definition) is 4. The van der Waals surface area contributed by atoms with Crippen molar-refractivity contribution in [3.63, 3.8) is 0 Å². The number of carbonyl (C=O) groups excluding carboxylic acids is 2. The molecular weight excluding hydrogens is 423 g/mol. The van der Waals surface area contributed by atoms with Crippen LogP contribution in [0.4, 0.5) is 0 Å². The quantitative estimate of drug-likeness (QED) is 0.413. The molecule has 0 N–H and O–H groups in total. The summed E-state index contributed by atoms with van der Waals surface area (Å²) in [7, 11) is 0. The second-order valence-corrected chi connectivity index (χ2v) is 7.58. The predicted octanol–water partition coefficient (Wildman–Crippen LogP) is 5.85. The summed E-state index contributed by atoms with van der Waals surface area (Å²) in [5.74, 6) is -1.99. The summed E-state index contributed by atoms with van der Waals surface area (Å²) in [6.07, 6.45) is 3.83. The zero-order chi connectivity index (χ0) is 21.7. The lowest BCUT2D eigenvalue weighted by atomic mass is 9.76. The average Bonchev–Trinajstić information content (AvgIpc) is 2.74. The van der Waals surface area contributed by atoms with E-state index < -0.39 is 23.8 Å². The SMILES string of the molecule is CCOC(=O)C1=C(C(=O)OCC)C(c2ccc(Cl)cc2)C=CC1c1ccc(Cl)cc1. The van der Waals surface area contributed by atoms with Gasteiger partial charge in [-0.2, -0.15) is 0 Å². The molecular formula is C24H22Cl2O4. The van der Waals surface area contributed by atoms with Gasteiger partial charge < -0.3 is 9.47 Å². The molecule has 0 saturated carbocycles. The van der Waals surface area contributed by atoms with Gasteiger partial charge in [0.1, 0.15) is 0 Å². The van der Waals surface area contributed by atoms with Crippen LogP contribution in [0.3, 0.4) is 0 Å². The number of benzene rings is 2. The first kappa shape index (κ1) is 22.1. The number of allylic oxidation sites excluding steroid dienone is 2. The molecule has 1 aliphatic rings. The van der Waals surface area contributed by atoms with E-state index >= 15 is 0 Å². The van der Waals surface area contributed by atoms with Crippen LogP contribution in [0.5, 0.6) is 0 Å². The van der Waals surface area contributed by atoms with Crippen LogP contribution in [-0.4, -0.2) is 25.2 Å². The Balaban J connectivity index is 2.19. The van der Waals surface area contributed by atoms with Crippen molar-refractivity contribution in [3.05, 3.63) is 93.0 Å². The first-order chi connectivity index (χ1) is 14.5. The zero-order valence-electron chi connectivity index (χ0n) is 16.7. The van der Waals surface area contributed by atoms with Crippen molar-refractivity contribution in [2.24, 2.45) is 0 Å². The molecule has 0 bridgehead atoms. The minimum atomic E-state index is -0.538. The van der Waals surface area contributed by atoms with Crippen LogP contribution in [0.1, 0.15) is 36.8 Å². The summed E-state index contributed by atoms with van der Waals surface area (Å²) in [5, 5.41) is 1.18. The number of rotatable bonds is 6. The second kappa shape index (κ2) is 9.96. The maximum absolute atomic E-state index is 13.0. The molecule has 1 aliphatic carbocycles. The smallest absolute Gasteiger partial charge is 0.335 e. The van der Waals surface area contributed by atoms with Gasteiger partial charge in [0, 0.05) is 21.9 Å². The largest absolute Gasteiger partial charge is 0.463 e. The highest BCUT2D eigenvalue weighted by Gasteiger charge is 2.37. The number of hydrogen-bond donors (Lipinski definition) is 0. The van der Waals surface area contributed by atoms with Gasteiger partial charge in [0.25, 0.3) is 0 Å². The number of esters is 2. The Morgan fingerprint density at radius 2 is 1.03 bits per heavy atom. The lowest BCUT2D eigenvalue weighted by Crippen LogP contribution is -2.26. The van der Waals surface area contributed by atoms with Gasteiger partial charge in [0.2, 0.25) is 0 Å². The molecule has 0 saturated heterocycles. The molecule has 4 nitrogen and oxygen atoms in total. The van der Waals surface area contributed by atoms with E-state index in [-0.39, 0.29) is 24.4 Å². The first-order valence-electron chi connectivity index (χ1n) is 9.73. The summed E-state index contributed by atoms with van der Waals surface area (Å²) in [6.45, 7) is 3.85. The van der Waals surface area contributed by atoms with Crippen molar-refractivity contribution >= 4 is 35.1 Å². The van der Waals surface area contributed by atoms with Crippen molar-refractivity contribution in [1.82, 2.24) is 0 Å². The molecule has 30 heavy (non-hydrogen) atoms. The lowest BCUT2D eigenvalue weighted by Gasteiger charge is -2.28. The summed E-state index contributed by atoms with van der Waals surface area (Å²) in [4.78, 5) is 26.1. The number of carbonyl (C=O) groups is 2. The highest BCUT2D eigenvalue weighted by atomic mass is 35.5. The molecule has 0 amide bonds. The van der Waals surface area contributed by atoms with Crippen LogP contribution >= 0.6 is 23.2 Å². The molecule has 0 aliphatic heterocycles. The van der Waals surface area contributed by atoms with E-state index in [1.165, 1.54) is 0 Å². The van der Waals surface area contributed by atoms with Gasteiger partial charge in [0.05, 0.1) is 24.4 Å². The molecule has 2 aromatic rings. The normalized spacial score (nSPS) is 18.3. The number of ether oxygens (including phenoxy) is 2. The minimum absolute atomic E-state index is 0.196. The monoisotopic (exact) mass is 444 g/mol. The first-order valence-corrected chi connectivity index (χ1v) is 10.5. The molecule has 2 aromatic carbocycles. The van der Waals surface area contributed by atoms with E-state index in [1.807, 2.05) is 36.4 Å². The lowest BCUT2D eigenvalue weighted by molar-refractivity contribution is -0.142. The minimum Gasteiger partial charge on any atom is -0.463 e. The molecule has 2 unspecified atom stereocenters. The Hall–Kier alpha value is -2.56. The van der Waals surface area contributed by atoms with E-state index in [1.54, 1.807) is 38.1 Å². The summed E-state index contributed by atoms with van der Waals surface area (Å²) >= 11 is 12.1. The van der Waals surface area contributed by atoms with Crippen molar-refractivity contribution in [3.8, 4) is 0 Å². The average molecular weight is 445 g/mol. The predicted molar refractivity (Wildman–Crippen MR) is 118 cm³/mol. The number of halogens is 2. The summed E-state index contributed by atoms with van der Waals surface area (Å²) in [6, 6.07) is 14.4. The van der Waals surface area contributed by atoms with Crippen molar-refractivity contribution in [1.29, 1.82) is 0 Å². The third kappa shape index (κ3) is 4.77. The van der Waals surface area contributed by atoms with Gasteiger partial charge in [-0.05, 0) is 49.2 Å². The highest BCUT2D eigenvalue weighted by molar-refractivity contribution is 6.30. The van der Waals surface area contributed by atoms with Crippen LogP contribution in [0.25, 0.3) is 0 Å². The van der Waals surface area contributed by atoms with Crippen molar-refractivity contribution < 1.29 is 19.1 Å². The Morgan fingerprint density at radius 3 is 1.33 bits per heavy atom. The Labute approximate surface area is 186 Å². The summed E-state index contributed by atoms with van der Waals surface area (Å²) in [5.41, 5.74) is 2.21. The van der Waals surface area contributed by atoms with Gasteiger partial charge in [-0.3, -0.25) is 0 Å². The van der Waals surface area contributed by atoms with Crippen LogP contribution in [0.2, 0.25) is 10.0 Å². The zero-order valence-corrected chi connectivity index (χ0v) is 18.2. The van der Waals surface area contributed by atoms with Gasteiger partial charge in [-0.1, -0.05) is 59.6 Å². The van der Waals surface area contributed by atoms with E-state index in [0.717, 1.165) is 11.1 Å². The van der Waals surface area contributed by atoms with Gasteiger partial charge in [0.15, 0.2) is 0 Å². The van der Waals surface area contributed by atoms with E-state index in [9.17, 15) is 9.59 Å². The molecule has 0 fully saturated rings. The molecule has 3 rings (SSSR count). The molecule has 0 aromatic heterocycles. The highest BCUT2D eigenvalue weighted by Crippen LogP contribution is 2.42. The standard InChI is InChI=1S/C24H22Cl2O4/c1-3-29-23(27)21-19(15-5-9-17(25)10-6-15)13-14-20(22(21)24(28)30-4-2)16-7-11-18(26)12-8-16/h5-14,19-20H,3-4H2,1-2H3. The van der Waals surface area contributed by atoms with Crippen LogP contribution in [0.15, 0.2) is 71.8 Å². The fourth-order valence-electron chi connectivity index (χ4n) is 3.54. The molecule has 0 heterocycles. The Bertz CT molecular complexity index is 896. The molecule has 0 radical (unpaired) electrons. The summed E-state index contributed by atoms with van der Waals surface area (Å²) < 4.78 is 10.7. The van der Waals surface area contributed by atoms with E-state index in [2.05, 4.69) is 0 Å². The second-order valence-electron chi connectivity index (χ2n) is 6.71. The van der Waals surface area contributed by atoms with Crippen LogP contribution in [0, 0.1) is 0 Å². The Kier molecular flexibility index (Phi) is 7.35. The third-order valence-corrected chi connectivity index (χ3v) is 5.36. The van der Waals surface area contributed by atoms with Gasteiger partial charge in [-0.15, -0.1) is 0 Å². The van der Waals surface area contributed by atoms with Crippen molar-refractivity contribution in [2.75, 3.05) is 13.2 Å². The van der Waals surface area contributed by atoms with E-state index in [0.29, 0.717) is 10.0 Å². The van der Waals surface area contributed by atoms with E-state index in [4.69, 9.17) is 32.7 Å². The molecule has 0 spiro atoms.